The number of aromatic nitrogens is 1. The summed E-state index contributed by atoms with van der Waals surface area (Å²) in [5.41, 5.74) is 2.36. The number of benzene rings is 1. The fourth-order valence-electron chi connectivity index (χ4n) is 1.76. The quantitative estimate of drug-likeness (QED) is 0.482. The predicted octanol–water partition coefficient (Wildman–Crippen LogP) is 1.29. The fourth-order valence-corrected chi connectivity index (χ4v) is 2.14. The van der Waals surface area contributed by atoms with Gasteiger partial charge in [-0.15, -0.1) is 0 Å². The standard InChI is InChI=1S/C14H14BrN3O3/c15-12-5-2-6-18(14(12)20)7-8-21-11-4-1-3-10(9-11)13(19)17-16/h1-6,9H,7-8,16H2,(H,17,19). The highest BCUT2D eigenvalue weighted by Gasteiger charge is 2.05. The summed E-state index contributed by atoms with van der Waals surface area (Å²) < 4.78 is 7.59. The Hall–Kier alpha value is -2.12. The number of nitrogens with two attached hydrogens (primary N) is 1. The summed E-state index contributed by atoms with van der Waals surface area (Å²) in [6.07, 6.45) is 1.69. The molecule has 2 rings (SSSR count). The minimum Gasteiger partial charge on any atom is -0.492 e. The van der Waals surface area contributed by atoms with E-state index < -0.39 is 0 Å². The summed E-state index contributed by atoms with van der Waals surface area (Å²) in [5.74, 6) is 5.23. The highest BCUT2D eigenvalue weighted by Crippen LogP contribution is 2.13. The van der Waals surface area contributed by atoms with Crippen molar-refractivity contribution in [1.29, 1.82) is 0 Å². The lowest BCUT2D eigenvalue weighted by molar-refractivity contribution is 0.0953. The highest BCUT2D eigenvalue weighted by atomic mass is 79.9. The molecule has 7 heteroatoms. The Morgan fingerprint density at radius 1 is 1.33 bits per heavy atom. The molecule has 0 atom stereocenters. The number of carbonyl (C=O) groups excluding carboxylic acids is 1. The number of halogens is 1. The van der Waals surface area contributed by atoms with Gasteiger partial charge in [-0.3, -0.25) is 15.0 Å². The van der Waals surface area contributed by atoms with Gasteiger partial charge >= 0.3 is 0 Å². The second-order valence-electron chi connectivity index (χ2n) is 4.20. The first-order valence-corrected chi connectivity index (χ1v) is 7.00. The minimum atomic E-state index is -0.386. The van der Waals surface area contributed by atoms with Crippen molar-refractivity contribution in [3.63, 3.8) is 0 Å². The van der Waals surface area contributed by atoms with Gasteiger partial charge in [0.25, 0.3) is 11.5 Å². The highest BCUT2D eigenvalue weighted by molar-refractivity contribution is 9.10. The molecule has 0 bridgehead atoms. The third-order valence-corrected chi connectivity index (χ3v) is 3.41. The molecule has 0 fully saturated rings. The molecule has 0 saturated carbocycles. The van der Waals surface area contributed by atoms with Crippen LogP contribution in [-0.2, 0) is 6.54 Å². The number of hydrogen-bond donors (Lipinski definition) is 2. The van der Waals surface area contributed by atoms with E-state index in [9.17, 15) is 9.59 Å². The smallest absolute Gasteiger partial charge is 0.265 e. The van der Waals surface area contributed by atoms with Crippen molar-refractivity contribution in [2.24, 2.45) is 5.84 Å². The van der Waals surface area contributed by atoms with Crippen LogP contribution in [0, 0.1) is 0 Å². The Morgan fingerprint density at radius 2 is 2.14 bits per heavy atom. The van der Waals surface area contributed by atoms with Gasteiger partial charge in [0.2, 0.25) is 0 Å². The molecule has 2 aromatic rings. The molecule has 0 radical (unpaired) electrons. The molecule has 0 aliphatic heterocycles. The van der Waals surface area contributed by atoms with Crippen LogP contribution in [0.25, 0.3) is 0 Å². The molecule has 0 aliphatic carbocycles. The summed E-state index contributed by atoms with van der Waals surface area (Å²) in [5, 5.41) is 0. The van der Waals surface area contributed by atoms with E-state index in [-0.39, 0.29) is 11.5 Å². The molecular weight excluding hydrogens is 338 g/mol. The molecule has 1 aromatic carbocycles. The number of amides is 1. The topological polar surface area (TPSA) is 86.3 Å². The van der Waals surface area contributed by atoms with Crippen LogP contribution in [0.4, 0.5) is 0 Å². The maximum absolute atomic E-state index is 11.8. The second kappa shape index (κ2) is 7.05. The van der Waals surface area contributed by atoms with E-state index in [2.05, 4.69) is 21.4 Å². The minimum absolute atomic E-state index is 0.114. The molecule has 1 aromatic heterocycles. The van der Waals surface area contributed by atoms with Gasteiger partial charge in [0.15, 0.2) is 0 Å². The van der Waals surface area contributed by atoms with Crippen molar-refractivity contribution in [3.05, 3.63) is 63.0 Å². The molecule has 21 heavy (non-hydrogen) atoms. The van der Waals surface area contributed by atoms with Crippen molar-refractivity contribution >= 4 is 21.8 Å². The second-order valence-corrected chi connectivity index (χ2v) is 5.06. The monoisotopic (exact) mass is 351 g/mol. The van der Waals surface area contributed by atoms with E-state index in [0.29, 0.717) is 28.9 Å². The predicted molar refractivity (Wildman–Crippen MR) is 82.0 cm³/mol. The number of carbonyl (C=O) groups is 1. The zero-order valence-corrected chi connectivity index (χ0v) is 12.7. The molecule has 0 spiro atoms. The van der Waals surface area contributed by atoms with Crippen LogP contribution in [-0.4, -0.2) is 17.1 Å². The average molecular weight is 352 g/mol. The van der Waals surface area contributed by atoms with Gasteiger partial charge in [0.1, 0.15) is 12.4 Å². The van der Waals surface area contributed by atoms with Crippen molar-refractivity contribution in [2.45, 2.75) is 6.54 Å². The zero-order chi connectivity index (χ0) is 15.2. The number of nitrogen functional groups attached to an aromatic ring is 1. The molecule has 0 aliphatic rings. The SMILES string of the molecule is NNC(=O)c1cccc(OCCn2cccc(Br)c2=O)c1. The number of rotatable bonds is 5. The molecule has 110 valence electrons. The Balaban J connectivity index is 1.99. The molecule has 1 heterocycles. The molecule has 0 unspecified atom stereocenters. The first-order chi connectivity index (χ1) is 10.1. The molecule has 0 saturated heterocycles. The number of ether oxygens (including phenoxy) is 1. The largest absolute Gasteiger partial charge is 0.492 e. The van der Waals surface area contributed by atoms with Gasteiger partial charge in [0, 0.05) is 11.8 Å². The maximum Gasteiger partial charge on any atom is 0.265 e. The third-order valence-electron chi connectivity index (χ3n) is 2.80. The van der Waals surface area contributed by atoms with E-state index in [1.165, 1.54) is 0 Å². The first-order valence-electron chi connectivity index (χ1n) is 6.20. The average Bonchev–Trinajstić information content (AvgIpc) is 2.51. The summed E-state index contributed by atoms with van der Waals surface area (Å²) in [7, 11) is 0. The van der Waals surface area contributed by atoms with Gasteiger partial charge in [-0.25, -0.2) is 5.84 Å². The number of nitrogens with one attached hydrogen (secondary N) is 1. The molecule has 6 nitrogen and oxygen atoms in total. The zero-order valence-electron chi connectivity index (χ0n) is 11.1. The van der Waals surface area contributed by atoms with Crippen LogP contribution in [0.5, 0.6) is 5.75 Å². The van der Waals surface area contributed by atoms with E-state index in [1.54, 1.807) is 47.2 Å². The van der Waals surface area contributed by atoms with Crippen molar-refractivity contribution in [1.82, 2.24) is 9.99 Å². The first kappa shape index (κ1) is 15.3. The van der Waals surface area contributed by atoms with Crippen LogP contribution in [0.2, 0.25) is 0 Å². The van der Waals surface area contributed by atoms with Crippen LogP contribution in [0.1, 0.15) is 10.4 Å². The Labute approximate surface area is 129 Å². The van der Waals surface area contributed by atoms with Gasteiger partial charge in [0.05, 0.1) is 11.0 Å². The third kappa shape index (κ3) is 3.93. The van der Waals surface area contributed by atoms with E-state index in [1.807, 2.05) is 0 Å². The number of hydrogen-bond acceptors (Lipinski definition) is 4. The van der Waals surface area contributed by atoms with Crippen LogP contribution in [0.15, 0.2) is 51.9 Å². The molecular formula is C14H14BrN3O3. The summed E-state index contributed by atoms with van der Waals surface area (Å²) in [6.45, 7) is 0.718. The summed E-state index contributed by atoms with van der Waals surface area (Å²) in [6, 6.07) is 10.1. The number of pyridine rings is 1. The van der Waals surface area contributed by atoms with Gasteiger partial charge in [-0.1, -0.05) is 6.07 Å². The van der Waals surface area contributed by atoms with Crippen molar-refractivity contribution in [2.75, 3.05) is 6.61 Å². The van der Waals surface area contributed by atoms with Crippen LogP contribution < -0.4 is 21.6 Å². The van der Waals surface area contributed by atoms with E-state index >= 15 is 0 Å². The Morgan fingerprint density at radius 3 is 2.90 bits per heavy atom. The van der Waals surface area contributed by atoms with Crippen LogP contribution >= 0.6 is 15.9 Å². The Kier molecular flexibility index (Phi) is 5.13. The summed E-state index contributed by atoms with van der Waals surface area (Å²) >= 11 is 3.19. The van der Waals surface area contributed by atoms with Gasteiger partial charge < -0.3 is 9.30 Å². The van der Waals surface area contributed by atoms with E-state index in [0.717, 1.165) is 0 Å². The van der Waals surface area contributed by atoms with Crippen molar-refractivity contribution < 1.29 is 9.53 Å². The van der Waals surface area contributed by atoms with Crippen LogP contribution in [0.3, 0.4) is 0 Å². The van der Waals surface area contributed by atoms with Gasteiger partial charge in [-0.05, 0) is 46.3 Å². The van der Waals surface area contributed by atoms with Crippen molar-refractivity contribution in [3.8, 4) is 5.75 Å². The Bertz CT molecular complexity index is 700. The molecule has 1 amide bonds. The van der Waals surface area contributed by atoms with Gasteiger partial charge in [-0.2, -0.15) is 0 Å². The summed E-state index contributed by atoms with van der Waals surface area (Å²) in [4.78, 5) is 23.2. The number of nitrogens with zero attached hydrogens (tertiary/aromatic N) is 1. The lowest BCUT2D eigenvalue weighted by atomic mass is 10.2. The normalized spacial score (nSPS) is 10.2. The fraction of sp³-hybridized carbons (Fsp3) is 0.143. The maximum atomic E-state index is 11.8. The number of hydrazine groups is 1. The lowest BCUT2D eigenvalue weighted by Crippen LogP contribution is -2.29. The lowest BCUT2D eigenvalue weighted by Gasteiger charge is -2.09. The molecule has 3 N–H and O–H groups in total. The van der Waals surface area contributed by atoms with E-state index in [4.69, 9.17) is 10.6 Å².